The molecule has 1 fully saturated rings. The first-order valence-corrected chi connectivity index (χ1v) is 5.40. The van der Waals surface area contributed by atoms with Gasteiger partial charge in [0, 0.05) is 19.0 Å². The third kappa shape index (κ3) is 2.25. The van der Waals surface area contributed by atoms with E-state index in [0.29, 0.717) is 0 Å². The largest absolute Gasteiger partial charge is 0.480 e. The number of nitrogens with zero attached hydrogens (tertiary/aromatic N) is 1. The minimum absolute atomic E-state index is 0.00185. The fraction of sp³-hybridized carbons (Fsp3) is 0.364. The molecule has 0 aromatic carbocycles. The fourth-order valence-electron chi connectivity index (χ4n) is 2.00. The van der Waals surface area contributed by atoms with Crippen LogP contribution in [0.3, 0.4) is 0 Å². The van der Waals surface area contributed by atoms with Crippen molar-refractivity contribution < 1.29 is 19.8 Å². The molecule has 1 aromatic rings. The standard InChI is InChI=1S/C11H12N2O5/c14-6-4-8(11(17)18)13(5-6)10(16)7-2-1-3-9(15)12-7/h1-3,6,8,14H,4-5H2,(H,12,15)(H,17,18)/t6-,8+/m1/s1. The number of hydrogen-bond donors (Lipinski definition) is 3. The Balaban J connectivity index is 2.28. The quantitative estimate of drug-likeness (QED) is 0.627. The minimum Gasteiger partial charge on any atom is -0.480 e. The monoisotopic (exact) mass is 252 g/mol. The average Bonchev–Trinajstić information content (AvgIpc) is 2.70. The van der Waals surface area contributed by atoms with Gasteiger partial charge in [0.15, 0.2) is 0 Å². The number of rotatable bonds is 2. The molecule has 1 aliphatic heterocycles. The van der Waals surface area contributed by atoms with E-state index < -0.39 is 29.6 Å². The van der Waals surface area contributed by atoms with Crippen LogP contribution < -0.4 is 5.56 Å². The van der Waals surface area contributed by atoms with Crippen molar-refractivity contribution >= 4 is 11.9 Å². The molecule has 0 radical (unpaired) electrons. The molecule has 2 rings (SSSR count). The fourth-order valence-corrected chi connectivity index (χ4v) is 2.00. The van der Waals surface area contributed by atoms with Crippen LogP contribution in [0.2, 0.25) is 0 Å². The number of aliphatic carboxylic acids is 1. The Bertz CT molecular complexity index is 538. The lowest BCUT2D eigenvalue weighted by atomic mass is 10.2. The second-order valence-corrected chi connectivity index (χ2v) is 4.13. The highest BCUT2D eigenvalue weighted by atomic mass is 16.4. The minimum atomic E-state index is -1.17. The third-order valence-corrected chi connectivity index (χ3v) is 2.82. The van der Waals surface area contributed by atoms with Gasteiger partial charge in [-0.2, -0.15) is 0 Å². The van der Waals surface area contributed by atoms with Crippen molar-refractivity contribution in [2.24, 2.45) is 0 Å². The molecular formula is C11H12N2O5. The summed E-state index contributed by atoms with van der Waals surface area (Å²) in [6.45, 7) is -0.0489. The maximum Gasteiger partial charge on any atom is 0.326 e. The van der Waals surface area contributed by atoms with Crippen LogP contribution in [0.1, 0.15) is 16.9 Å². The number of pyridine rings is 1. The molecule has 1 aromatic heterocycles. The summed E-state index contributed by atoms with van der Waals surface area (Å²) >= 11 is 0. The summed E-state index contributed by atoms with van der Waals surface area (Å²) in [6.07, 6.45) is -0.858. The van der Waals surface area contributed by atoms with Crippen molar-refractivity contribution in [2.45, 2.75) is 18.6 Å². The van der Waals surface area contributed by atoms with Gasteiger partial charge in [-0.25, -0.2) is 4.79 Å². The molecule has 0 aliphatic carbocycles. The number of likely N-dealkylation sites (tertiary alicyclic amines) is 1. The van der Waals surface area contributed by atoms with Crippen molar-refractivity contribution in [1.29, 1.82) is 0 Å². The van der Waals surface area contributed by atoms with Gasteiger partial charge >= 0.3 is 5.97 Å². The van der Waals surface area contributed by atoms with Gasteiger partial charge in [0.25, 0.3) is 5.91 Å². The van der Waals surface area contributed by atoms with Gasteiger partial charge in [0.2, 0.25) is 5.56 Å². The second kappa shape index (κ2) is 4.61. The van der Waals surface area contributed by atoms with Gasteiger partial charge in [0.05, 0.1) is 6.10 Å². The number of carbonyl (C=O) groups is 2. The van der Waals surface area contributed by atoms with Crippen molar-refractivity contribution in [3.8, 4) is 0 Å². The van der Waals surface area contributed by atoms with E-state index in [1.807, 2.05) is 0 Å². The Kier molecular flexibility index (Phi) is 3.15. The molecule has 96 valence electrons. The van der Waals surface area contributed by atoms with Crippen molar-refractivity contribution in [3.05, 3.63) is 34.2 Å². The third-order valence-electron chi connectivity index (χ3n) is 2.82. The van der Waals surface area contributed by atoms with Gasteiger partial charge in [-0.1, -0.05) is 6.07 Å². The Morgan fingerprint density at radius 2 is 2.11 bits per heavy atom. The summed E-state index contributed by atoms with van der Waals surface area (Å²) in [6, 6.07) is 3.00. The maximum absolute atomic E-state index is 12.0. The normalized spacial score (nSPS) is 23.1. The van der Waals surface area contributed by atoms with Crippen LogP contribution in [-0.4, -0.2) is 50.7 Å². The van der Waals surface area contributed by atoms with E-state index in [9.17, 15) is 19.5 Å². The molecule has 3 N–H and O–H groups in total. The summed E-state index contributed by atoms with van der Waals surface area (Å²) in [5, 5.41) is 18.4. The SMILES string of the molecule is O=C(O)[C@@H]1C[C@@H](O)CN1C(=O)c1cccc(=O)[nH]1. The Morgan fingerprint density at radius 1 is 1.39 bits per heavy atom. The maximum atomic E-state index is 12.0. The highest BCUT2D eigenvalue weighted by molar-refractivity contribution is 5.95. The molecule has 7 heteroatoms. The first-order chi connectivity index (χ1) is 8.49. The van der Waals surface area contributed by atoms with Gasteiger partial charge in [0.1, 0.15) is 11.7 Å². The molecule has 18 heavy (non-hydrogen) atoms. The molecule has 0 bridgehead atoms. The van der Waals surface area contributed by atoms with E-state index in [4.69, 9.17) is 5.11 Å². The molecule has 0 spiro atoms. The number of aliphatic hydroxyl groups excluding tert-OH is 1. The van der Waals surface area contributed by atoms with Crippen LogP contribution in [0.15, 0.2) is 23.0 Å². The van der Waals surface area contributed by atoms with E-state index >= 15 is 0 Å². The van der Waals surface area contributed by atoms with Crippen molar-refractivity contribution in [2.75, 3.05) is 6.54 Å². The predicted octanol–water partition coefficient (Wildman–Crippen LogP) is -0.965. The average molecular weight is 252 g/mol. The number of carboxylic acid groups (broad SMARTS) is 1. The molecule has 1 aliphatic rings. The second-order valence-electron chi connectivity index (χ2n) is 4.13. The van der Waals surface area contributed by atoms with Crippen LogP contribution in [0, 0.1) is 0 Å². The number of aliphatic hydroxyl groups is 1. The Morgan fingerprint density at radius 3 is 2.72 bits per heavy atom. The lowest BCUT2D eigenvalue weighted by Gasteiger charge is -2.20. The lowest BCUT2D eigenvalue weighted by molar-refractivity contribution is -0.141. The number of carbonyl (C=O) groups excluding carboxylic acids is 1. The highest BCUT2D eigenvalue weighted by Gasteiger charge is 2.39. The van der Waals surface area contributed by atoms with E-state index in [1.54, 1.807) is 0 Å². The van der Waals surface area contributed by atoms with Crippen molar-refractivity contribution in [1.82, 2.24) is 9.88 Å². The predicted molar refractivity (Wildman–Crippen MR) is 60.1 cm³/mol. The number of aromatic amines is 1. The first kappa shape index (κ1) is 12.3. The molecule has 2 heterocycles. The van der Waals surface area contributed by atoms with Crippen LogP contribution in [-0.2, 0) is 4.79 Å². The molecule has 7 nitrogen and oxygen atoms in total. The highest BCUT2D eigenvalue weighted by Crippen LogP contribution is 2.19. The molecular weight excluding hydrogens is 240 g/mol. The number of hydrogen-bond acceptors (Lipinski definition) is 4. The molecule has 1 saturated heterocycles. The van der Waals surface area contributed by atoms with E-state index in [0.717, 1.165) is 4.90 Å². The molecule has 2 atom stereocenters. The summed E-state index contributed by atoms with van der Waals surface area (Å²) in [5.41, 5.74) is -0.421. The summed E-state index contributed by atoms with van der Waals surface area (Å²) in [7, 11) is 0. The number of carboxylic acids is 1. The van der Waals surface area contributed by atoms with Gasteiger partial charge in [-0.15, -0.1) is 0 Å². The smallest absolute Gasteiger partial charge is 0.326 e. The molecule has 0 unspecified atom stereocenters. The first-order valence-electron chi connectivity index (χ1n) is 5.40. The zero-order chi connectivity index (χ0) is 13.3. The van der Waals surface area contributed by atoms with Gasteiger partial charge < -0.3 is 20.1 Å². The van der Waals surface area contributed by atoms with Gasteiger partial charge in [-0.3, -0.25) is 9.59 Å². The van der Waals surface area contributed by atoms with Crippen molar-refractivity contribution in [3.63, 3.8) is 0 Å². The van der Waals surface area contributed by atoms with Crippen LogP contribution in [0.5, 0.6) is 0 Å². The zero-order valence-corrected chi connectivity index (χ0v) is 9.37. The topological polar surface area (TPSA) is 111 Å². The van der Waals surface area contributed by atoms with E-state index in [1.165, 1.54) is 18.2 Å². The summed E-state index contributed by atoms with van der Waals surface area (Å²) in [4.78, 5) is 37.5. The number of β-amino-alcohol motifs (C(OH)–C–C–N with tert-alkyl or cyclic N) is 1. The van der Waals surface area contributed by atoms with Crippen LogP contribution in [0.4, 0.5) is 0 Å². The van der Waals surface area contributed by atoms with Gasteiger partial charge in [-0.05, 0) is 6.07 Å². The number of amides is 1. The molecule has 0 saturated carbocycles. The number of H-pyrrole nitrogens is 1. The van der Waals surface area contributed by atoms with E-state index in [2.05, 4.69) is 4.98 Å². The lowest BCUT2D eigenvalue weighted by Crippen LogP contribution is -2.41. The summed E-state index contributed by atoms with van der Waals surface area (Å²) in [5.74, 6) is -1.77. The number of nitrogens with one attached hydrogen (secondary N) is 1. The number of aromatic nitrogens is 1. The van der Waals surface area contributed by atoms with Crippen LogP contribution in [0.25, 0.3) is 0 Å². The van der Waals surface area contributed by atoms with Crippen LogP contribution >= 0.6 is 0 Å². The Labute approximate surface area is 102 Å². The summed E-state index contributed by atoms with van der Waals surface area (Å²) < 4.78 is 0. The van der Waals surface area contributed by atoms with E-state index in [-0.39, 0.29) is 18.7 Å². The molecule has 1 amide bonds. The Hall–Kier alpha value is -2.15. The zero-order valence-electron chi connectivity index (χ0n) is 9.37.